The SMILES string of the molecule is CCNS(=O)(=O)CCNC(CC(C)C)CC(C)C. The van der Waals surface area contributed by atoms with Gasteiger partial charge >= 0.3 is 0 Å². The lowest BCUT2D eigenvalue weighted by molar-refractivity contribution is 0.365. The second kappa shape index (κ2) is 8.88. The Morgan fingerprint density at radius 1 is 1.00 bits per heavy atom. The van der Waals surface area contributed by atoms with Crippen LogP contribution >= 0.6 is 0 Å². The topological polar surface area (TPSA) is 58.2 Å². The Balaban J connectivity index is 4.10. The summed E-state index contributed by atoms with van der Waals surface area (Å²) in [7, 11) is -3.10. The van der Waals surface area contributed by atoms with Crippen LogP contribution in [0.15, 0.2) is 0 Å². The van der Waals surface area contributed by atoms with E-state index in [2.05, 4.69) is 37.7 Å². The highest BCUT2D eigenvalue weighted by atomic mass is 32.2. The van der Waals surface area contributed by atoms with E-state index < -0.39 is 10.0 Å². The molecule has 0 aromatic heterocycles. The molecule has 0 saturated carbocycles. The Hall–Kier alpha value is -0.130. The van der Waals surface area contributed by atoms with E-state index in [1.165, 1.54) is 0 Å². The molecule has 0 rings (SSSR count). The molecule has 0 unspecified atom stereocenters. The molecule has 0 radical (unpaired) electrons. The molecule has 0 fully saturated rings. The van der Waals surface area contributed by atoms with Crippen molar-refractivity contribution in [3.8, 4) is 0 Å². The summed E-state index contributed by atoms with van der Waals surface area (Å²) in [4.78, 5) is 0. The summed E-state index contributed by atoms with van der Waals surface area (Å²) >= 11 is 0. The van der Waals surface area contributed by atoms with Gasteiger partial charge in [-0.05, 0) is 24.7 Å². The van der Waals surface area contributed by atoms with Gasteiger partial charge in [0, 0.05) is 19.1 Å². The minimum atomic E-state index is -3.10. The van der Waals surface area contributed by atoms with Crippen molar-refractivity contribution in [3.05, 3.63) is 0 Å². The zero-order chi connectivity index (χ0) is 14.2. The average molecular weight is 278 g/mol. The third-order valence-electron chi connectivity index (χ3n) is 2.68. The fraction of sp³-hybridized carbons (Fsp3) is 1.00. The van der Waals surface area contributed by atoms with E-state index >= 15 is 0 Å². The molecule has 0 amide bonds. The number of hydrogen-bond donors (Lipinski definition) is 2. The van der Waals surface area contributed by atoms with E-state index in [4.69, 9.17) is 0 Å². The van der Waals surface area contributed by atoms with Crippen LogP contribution in [-0.2, 0) is 10.0 Å². The standard InChI is InChI=1S/C13H30N2O2S/c1-6-15-18(16,17)8-7-14-13(9-11(2)3)10-12(4)5/h11-15H,6-10H2,1-5H3. The first-order valence-corrected chi connectivity index (χ1v) is 8.62. The molecule has 5 heteroatoms. The highest BCUT2D eigenvalue weighted by Gasteiger charge is 2.14. The lowest BCUT2D eigenvalue weighted by Gasteiger charge is -2.22. The summed E-state index contributed by atoms with van der Waals surface area (Å²) in [5.41, 5.74) is 0. The lowest BCUT2D eigenvalue weighted by Crippen LogP contribution is -2.37. The number of sulfonamides is 1. The molecule has 18 heavy (non-hydrogen) atoms. The van der Waals surface area contributed by atoms with Crippen LogP contribution in [-0.4, -0.2) is 33.3 Å². The Labute approximate surface area is 113 Å². The Morgan fingerprint density at radius 2 is 1.50 bits per heavy atom. The highest BCUT2D eigenvalue weighted by Crippen LogP contribution is 2.13. The van der Waals surface area contributed by atoms with Crippen LogP contribution in [0, 0.1) is 11.8 Å². The lowest BCUT2D eigenvalue weighted by atomic mass is 9.96. The predicted molar refractivity (Wildman–Crippen MR) is 78.2 cm³/mol. The molecular weight excluding hydrogens is 248 g/mol. The minimum Gasteiger partial charge on any atom is -0.313 e. The van der Waals surface area contributed by atoms with Crippen molar-refractivity contribution in [2.24, 2.45) is 11.8 Å². The molecule has 0 saturated heterocycles. The van der Waals surface area contributed by atoms with Crippen LogP contribution < -0.4 is 10.0 Å². The zero-order valence-electron chi connectivity index (χ0n) is 12.5. The van der Waals surface area contributed by atoms with Crippen molar-refractivity contribution in [1.82, 2.24) is 10.0 Å². The van der Waals surface area contributed by atoms with Crippen LogP contribution in [0.5, 0.6) is 0 Å². The van der Waals surface area contributed by atoms with Crippen LogP contribution in [0.3, 0.4) is 0 Å². The molecule has 0 atom stereocenters. The second-order valence-electron chi connectivity index (χ2n) is 5.73. The predicted octanol–water partition coefficient (Wildman–Crippen LogP) is 1.98. The zero-order valence-corrected chi connectivity index (χ0v) is 13.3. The van der Waals surface area contributed by atoms with Gasteiger partial charge < -0.3 is 5.32 Å². The van der Waals surface area contributed by atoms with Crippen LogP contribution in [0.2, 0.25) is 0 Å². The molecule has 0 aliphatic heterocycles. The number of rotatable bonds is 10. The van der Waals surface area contributed by atoms with E-state index in [9.17, 15) is 8.42 Å². The Kier molecular flexibility index (Phi) is 8.82. The number of hydrogen-bond acceptors (Lipinski definition) is 3. The fourth-order valence-electron chi connectivity index (χ4n) is 2.09. The van der Waals surface area contributed by atoms with Crippen LogP contribution in [0.4, 0.5) is 0 Å². The molecule has 0 bridgehead atoms. The quantitative estimate of drug-likeness (QED) is 0.642. The van der Waals surface area contributed by atoms with Crippen molar-refractivity contribution in [3.63, 3.8) is 0 Å². The molecule has 0 aromatic rings. The molecule has 0 aromatic carbocycles. The summed E-state index contributed by atoms with van der Waals surface area (Å²) in [6, 6.07) is 0.418. The molecule has 0 aliphatic carbocycles. The Morgan fingerprint density at radius 3 is 1.89 bits per heavy atom. The van der Waals surface area contributed by atoms with E-state index in [-0.39, 0.29) is 5.75 Å². The molecule has 0 heterocycles. The molecule has 0 aliphatic rings. The van der Waals surface area contributed by atoms with Gasteiger partial charge in [-0.15, -0.1) is 0 Å². The smallest absolute Gasteiger partial charge is 0.212 e. The molecule has 110 valence electrons. The summed E-state index contributed by atoms with van der Waals surface area (Å²) in [6.07, 6.45) is 2.19. The fourth-order valence-corrected chi connectivity index (χ4v) is 3.06. The van der Waals surface area contributed by atoms with Gasteiger partial charge in [0.05, 0.1) is 5.75 Å². The molecule has 4 nitrogen and oxygen atoms in total. The summed E-state index contributed by atoms with van der Waals surface area (Å²) < 4.78 is 25.5. The first-order valence-electron chi connectivity index (χ1n) is 6.97. The van der Waals surface area contributed by atoms with Crippen molar-refractivity contribution in [2.45, 2.75) is 53.5 Å². The monoisotopic (exact) mass is 278 g/mol. The van der Waals surface area contributed by atoms with Gasteiger partial charge in [0.15, 0.2) is 0 Å². The van der Waals surface area contributed by atoms with Gasteiger partial charge in [-0.2, -0.15) is 0 Å². The van der Waals surface area contributed by atoms with Gasteiger partial charge in [-0.3, -0.25) is 0 Å². The van der Waals surface area contributed by atoms with E-state index in [1.807, 2.05) is 0 Å². The maximum absolute atomic E-state index is 11.5. The van der Waals surface area contributed by atoms with Crippen molar-refractivity contribution in [2.75, 3.05) is 18.8 Å². The average Bonchev–Trinajstić information content (AvgIpc) is 2.14. The van der Waals surface area contributed by atoms with Gasteiger partial charge in [0.2, 0.25) is 10.0 Å². The normalized spacial score (nSPS) is 12.9. The third kappa shape index (κ3) is 9.85. The van der Waals surface area contributed by atoms with Crippen molar-refractivity contribution >= 4 is 10.0 Å². The van der Waals surface area contributed by atoms with E-state index in [1.54, 1.807) is 6.92 Å². The second-order valence-corrected chi connectivity index (χ2v) is 7.65. The van der Waals surface area contributed by atoms with E-state index in [0.717, 1.165) is 12.8 Å². The summed E-state index contributed by atoms with van der Waals surface area (Å²) in [5.74, 6) is 1.42. The molecular formula is C13H30N2O2S. The largest absolute Gasteiger partial charge is 0.313 e. The van der Waals surface area contributed by atoms with Gasteiger partial charge in [0.25, 0.3) is 0 Å². The minimum absolute atomic E-state index is 0.160. The highest BCUT2D eigenvalue weighted by molar-refractivity contribution is 7.89. The van der Waals surface area contributed by atoms with Gasteiger partial charge in [-0.25, -0.2) is 13.1 Å². The summed E-state index contributed by atoms with van der Waals surface area (Å²) in [6.45, 7) is 11.6. The van der Waals surface area contributed by atoms with Gasteiger partial charge in [-0.1, -0.05) is 34.6 Å². The van der Waals surface area contributed by atoms with Crippen LogP contribution in [0.25, 0.3) is 0 Å². The summed E-state index contributed by atoms with van der Waals surface area (Å²) in [5, 5.41) is 3.38. The van der Waals surface area contributed by atoms with E-state index in [0.29, 0.717) is 31.0 Å². The first kappa shape index (κ1) is 17.9. The maximum Gasteiger partial charge on any atom is 0.212 e. The van der Waals surface area contributed by atoms with Crippen LogP contribution in [0.1, 0.15) is 47.5 Å². The maximum atomic E-state index is 11.5. The van der Waals surface area contributed by atoms with Gasteiger partial charge in [0.1, 0.15) is 0 Å². The van der Waals surface area contributed by atoms with Crippen molar-refractivity contribution < 1.29 is 8.42 Å². The third-order valence-corrected chi connectivity index (χ3v) is 4.15. The number of nitrogens with one attached hydrogen (secondary N) is 2. The Bertz CT molecular complexity index is 290. The molecule has 0 spiro atoms. The first-order chi connectivity index (χ1) is 8.26. The molecule has 2 N–H and O–H groups in total. The van der Waals surface area contributed by atoms with Crippen molar-refractivity contribution in [1.29, 1.82) is 0 Å².